The molecular formula is C12H18N2O3. The molecule has 17 heavy (non-hydrogen) atoms. The fourth-order valence-corrected chi connectivity index (χ4v) is 2.14. The molecule has 2 heterocycles. The number of rotatable bonds is 4. The fourth-order valence-electron chi connectivity index (χ4n) is 2.14. The van der Waals surface area contributed by atoms with Crippen LogP contribution in [-0.4, -0.2) is 54.5 Å². The maximum Gasteiger partial charge on any atom is 0.133 e. The first-order chi connectivity index (χ1) is 8.22. The van der Waals surface area contributed by atoms with Gasteiger partial charge in [-0.15, -0.1) is 0 Å². The Morgan fingerprint density at radius 3 is 2.41 bits per heavy atom. The minimum absolute atomic E-state index is 0.122. The highest BCUT2D eigenvalue weighted by Gasteiger charge is 2.32. The van der Waals surface area contributed by atoms with Gasteiger partial charge in [0.05, 0.1) is 24.1 Å². The van der Waals surface area contributed by atoms with Gasteiger partial charge in [-0.05, 0) is 12.1 Å². The first kappa shape index (κ1) is 12.3. The van der Waals surface area contributed by atoms with Gasteiger partial charge in [-0.1, -0.05) is 0 Å². The van der Waals surface area contributed by atoms with E-state index in [9.17, 15) is 0 Å². The van der Waals surface area contributed by atoms with Crippen molar-refractivity contribution in [2.75, 3.05) is 27.3 Å². The Balaban J connectivity index is 1.94. The summed E-state index contributed by atoms with van der Waals surface area (Å²) in [5.74, 6) is 0.194. The molecule has 0 saturated carbocycles. The van der Waals surface area contributed by atoms with E-state index < -0.39 is 0 Å². The van der Waals surface area contributed by atoms with Gasteiger partial charge in [-0.25, -0.2) is 0 Å². The van der Waals surface area contributed by atoms with Crippen LogP contribution in [0.15, 0.2) is 18.3 Å². The molecule has 1 fully saturated rings. The Morgan fingerprint density at radius 2 is 1.94 bits per heavy atom. The average Bonchev–Trinajstić information content (AvgIpc) is 2.74. The van der Waals surface area contributed by atoms with Crippen molar-refractivity contribution in [3.63, 3.8) is 0 Å². The highest BCUT2D eigenvalue weighted by molar-refractivity contribution is 5.18. The van der Waals surface area contributed by atoms with E-state index in [0.717, 1.165) is 25.3 Å². The highest BCUT2D eigenvalue weighted by atomic mass is 16.5. The summed E-state index contributed by atoms with van der Waals surface area (Å²) in [6.07, 6.45) is 1.71. The van der Waals surface area contributed by atoms with Crippen molar-refractivity contribution < 1.29 is 14.6 Å². The van der Waals surface area contributed by atoms with Crippen molar-refractivity contribution in [2.24, 2.45) is 0 Å². The second kappa shape index (κ2) is 5.44. The maximum atomic E-state index is 9.16. The second-order valence-corrected chi connectivity index (χ2v) is 4.25. The van der Waals surface area contributed by atoms with E-state index >= 15 is 0 Å². The Bertz CT molecular complexity index is 343. The number of aromatic nitrogens is 1. The summed E-state index contributed by atoms with van der Waals surface area (Å²) in [5, 5.41) is 9.16. The third-order valence-corrected chi connectivity index (χ3v) is 3.09. The Labute approximate surface area is 101 Å². The van der Waals surface area contributed by atoms with Crippen LogP contribution in [0.5, 0.6) is 5.75 Å². The molecule has 2 rings (SSSR count). The van der Waals surface area contributed by atoms with E-state index in [1.165, 1.54) is 6.20 Å². The lowest BCUT2D eigenvalue weighted by Gasteiger charge is -2.14. The van der Waals surface area contributed by atoms with Crippen LogP contribution in [-0.2, 0) is 16.0 Å². The van der Waals surface area contributed by atoms with Gasteiger partial charge in [0.25, 0.3) is 0 Å². The molecule has 0 amide bonds. The van der Waals surface area contributed by atoms with Gasteiger partial charge < -0.3 is 14.6 Å². The fraction of sp³-hybridized carbons (Fsp3) is 0.583. The van der Waals surface area contributed by atoms with Gasteiger partial charge in [0.2, 0.25) is 0 Å². The quantitative estimate of drug-likeness (QED) is 0.834. The van der Waals surface area contributed by atoms with Crippen molar-refractivity contribution in [2.45, 2.75) is 18.8 Å². The van der Waals surface area contributed by atoms with Crippen molar-refractivity contribution in [3.8, 4) is 5.75 Å². The molecule has 0 aliphatic carbocycles. The summed E-state index contributed by atoms with van der Waals surface area (Å²) >= 11 is 0. The van der Waals surface area contributed by atoms with Crippen LogP contribution >= 0.6 is 0 Å². The lowest BCUT2D eigenvalue weighted by atomic mass is 10.3. The summed E-state index contributed by atoms with van der Waals surface area (Å²) in [6.45, 7) is 2.44. The number of ether oxygens (including phenoxy) is 2. The zero-order valence-electron chi connectivity index (χ0n) is 10.2. The minimum Gasteiger partial charge on any atom is -0.506 e. The van der Waals surface area contributed by atoms with Crippen LogP contribution in [0.3, 0.4) is 0 Å². The van der Waals surface area contributed by atoms with Gasteiger partial charge in [0.1, 0.15) is 5.75 Å². The normalized spacial score (nSPS) is 25.3. The smallest absolute Gasteiger partial charge is 0.133 e. The molecule has 0 spiro atoms. The Kier molecular flexibility index (Phi) is 3.93. The number of hydrogen-bond acceptors (Lipinski definition) is 5. The number of nitrogens with zero attached hydrogens (tertiary/aromatic N) is 2. The minimum atomic E-state index is 0.122. The molecule has 1 aromatic rings. The van der Waals surface area contributed by atoms with E-state index in [0.29, 0.717) is 0 Å². The van der Waals surface area contributed by atoms with Crippen molar-refractivity contribution in [1.82, 2.24) is 9.88 Å². The Hall–Kier alpha value is -1.17. The van der Waals surface area contributed by atoms with E-state index in [2.05, 4.69) is 9.88 Å². The number of methoxy groups -OCH3 is 2. The van der Waals surface area contributed by atoms with E-state index in [1.807, 2.05) is 6.07 Å². The molecule has 0 bridgehead atoms. The zero-order valence-corrected chi connectivity index (χ0v) is 10.2. The third-order valence-electron chi connectivity index (χ3n) is 3.09. The monoisotopic (exact) mass is 238 g/mol. The molecule has 2 unspecified atom stereocenters. The molecule has 5 nitrogen and oxygen atoms in total. The molecule has 1 aliphatic rings. The van der Waals surface area contributed by atoms with Crippen molar-refractivity contribution in [1.29, 1.82) is 0 Å². The summed E-state index contributed by atoms with van der Waals surface area (Å²) in [7, 11) is 3.41. The van der Waals surface area contributed by atoms with Crippen LogP contribution in [0.4, 0.5) is 0 Å². The molecule has 1 N–H and O–H groups in total. The van der Waals surface area contributed by atoms with Crippen molar-refractivity contribution >= 4 is 0 Å². The van der Waals surface area contributed by atoms with E-state index in [1.54, 1.807) is 20.3 Å². The van der Waals surface area contributed by atoms with Gasteiger partial charge in [-0.2, -0.15) is 0 Å². The topological polar surface area (TPSA) is 54.8 Å². The third kappa shape index (κ3) is 2.94. The van der Waals surface area contributed by atoms with Crippen LogP contribution in [0.1, 0.15) is 5.69 Å². The molecule has 1 saturated heterocycles. The van der Waals surface area contributed by atoms with Gasteiger partial charge in [0.15, 0.2) is 0 Å². The largest absolute Gasteiger partial charge is 0.506 e. The SMILES string of the molecule is COC1CN(Cc2ccc(O)cn2)CC1OC. The lowest BCUT2D eigenvalue weighted by molar-refractivity contribution is -0.00461. The summed E-state index contributed by atoms with van der Waals surface area (Å²) in [6, 6.07) is 3.48. The first-order valence-corrected chi connectivity index (χ1v) is 5.64. The molecule has 0 radical (unpaired) electrons. The Morgan fingerprint density at radius 1 is 1.29 bits per heavy atom. The molecule has 2 atom stereocenters. The van der Waals surface area contributed by atoms with Crippen molar-refractivity contribution in [3.05, 3.63) is 24.0 Å². The van der Waals surface area contributed by atoms with Gasteiger partial charge in [0, 0.05) is 33.9 Å². The molecule has 94 valence electrons. The number of likely N-dealkylation sites (tertiary alicyclic amines) is 1. The molecule has 5 heteroatoms. The van der Waals surface area contributed by atoms with Crippen LogP contribution in [0.25, 0.3) is 0 Å². The second-order valence-electron chi connectivity index (χ2n) is 4.25. The number of hydrogen-bond donors (Lipinski definition) is 1. The van der Waals surface area contributed by atoms with Crippen LogP contribution < -0.4 is 0 Å². The zero-order chi connectivity index (χ0) is 12.3. The molecule has 1 aromatic heterocycles. The standard InChI is InChI=1S/C12H18N2O3/c1-16-11-7-14(8-12(11)17-2)6-9-3-4-10(15)5-13-9/h3-5,11-12,15H,6-8H2,1-2H3. The van der Waals surface area contributed by atoms with Gasteiger partial charge in [-0.3, -0.25) is 9.88 Å². The summed E-state index contributed by atoms with van der Waals surface area (Å²) in [4.78, 5) is 6.41. The molecule has 0 aromatic carbocycles. The van der Waals surface area contributed by atoms with Crippen LogP contribution in [0, 0.1) is 0 Å². The lowest BCUT2D eigenvalue weighted by Crippen LogP contribution is -2.27. The highest BCUT2D eigenvalue weighted by Crippen LogP contribution is 2.18. The van der Waals surface area contributed by atoms with E-state index in [4.69, 9.17) is 14.6 Å². The first-order valence-electron chi connectivity index (χ1n) is 5.64. The number of pyridine rings is 1. The maximum absolute atomic E-state index is 9.16. The molecule has 1 aliphatic heterocycles. The predicted octanol–water partition coefficient (Wildman–Crippen LogP) is 0.633. The predicted molar refractivity (Wildman–Crippen MR) is 62.8 cm³/mol. The van der Waals surface area contributed by atoms with E-state index in [-0.39, 0.29) is 18.0 Å². The number of aromatic hydroxyl groups is 1. The van der Waals surface area contributed by atoms with Crippen LogP contribution in [0.2, 0.25) is 0 Å². The summed E-state index contributed by atoms with van der Waals surface area (Å²) < 4.78 is 10.7. The molecular weight excluding hydrogens is 220 g/mol. The van der Waals surface area contributed by atoms with Gasteiger partial charge >= 0.3 is 0 Å². The average molecular weight is 238 g/mol. The summed E-state index contributed by atoms with van der Waals surface area (Å²) in [5.41, 5.74) is 0.939.